The number of fused-ring (bicyclic) bond motifs is 10. The van der Waals surface area contributed by atoms with E-state index in [0.717, 1.165) is 55.4 Å². The Morgan fingerprint density at radius 3 is 2.11 bits per heavy atom. The van der Waals surface area contributed by atoms with Crippen LogP contribution in [0.15, 0.2) is 154 Å². The maximum Gasteiger partial charge on any atom is 0.227 e. The Labute approximate surface area is 257 Å². The van der Waals surface area contributed by atoms with E-state index >= 15 is 0 Å². The van der Waals surface area contributed by atoms with Gasteiger partial charge in [0.05, 0.1) is 16.4 Å². The number of benzene rings is 7. The van der Waals surface area contributed by atoms with Crippen molar-refractivity contribution in [3.05, 3.63) is 146 Å². The second-order valence-corrected chi connectivity index (χ2v) is 11.5. The van der Waals surface area contributed by atoms with Crippen molar-refractivity contribution in [1.29, 1.82) is 0 Å². The molecule has 210 valence electrons. The van der Waals surface area contributed by atoms with Crippen LogP contribution in [0.1, 0.15) is 0 Å². The van der Waals surface area contributed by atoms with E-state index in [4.69, 9.17) is 13.8 Å². The van der Waals surface area contributed by atoms with Gasteiger partial charge in [0.1, 0.15) is 16.7 Å². The SMILES string of the molecule is c1ccc(-c2cc3nc(-c4ccc(-n5c6ccccc6c6ccc7ccccc7c65)cc4)oc3c3c2oc2ccccc23)cc1. The summed E-state index contributed by atoms with van der Waals surface area (Å²) in [7, 11) is 0. The number of para-hydroxylation sites is 2. The molecule has 0 fully saturated rings. The highest BCUT2D eigenvalue weighted by Crippen LogP contribution is 2.42. The Balaban J connectivity index is 1.17. The molecule has 0 amide bonds. The van der Waals surface area contributed by atoms with Gasteiger partial charge in [0.15, 0.2) is 5.58 Å². The molecule has 0 spiro atoms. The molecule has 0 aliphatic heterocycles. The molecule has 0 aliphatic carbocycles. The molecule has 0 aliphatic rings. The first-order valence-electron chi connectivity index (χ1n) is 15.1. The van der Waals surface area contributed by atoms with Crippen LogP contribution in [0.4, 0.5) is 0 Å². The lowest BCUT2D eigenvalue weighted by atomic mass is 10.0. The Morgan fingerprint density at radius 1 is 0.511 bits per heavy atom. The number of hydrogen-bond acceptors (Lipinski definition) is 3. The highest BCUT2D eigenvalue weighted by Gasteiger charge is 2.21. The van der Waals surface area contributed by atoms with Crippen LogP contribution < -0.4 is 0 Å². The minimum Gasteiger partial charge on any atom is -0.455 e. The van der Waals surface area contributed by atoms with E-state index in [1.807, 2.05) is 36.4 Å². The molecule has 0 saturated carbocycles. The van der Waals surface area contributed by atoms with E-state index in [2.05, 4.69) is 114 Å². The second kappa shape index (κ2) is 9.18. The minimum atomic E-state index is 0.584. The van der Waals surface area contributed by atoms with E-state index < -0.39 is 0 Å². The van der Waals surface area contributed by atoms with Crippen molar-refractivity contribution >= 4 is 65.6 Å². The summed E-state index contributed by atoms with van der Waals surface area (Å²) in [5, 5.41) is 6.93. The van der Waals surface area contributed by atoms with Gasteiger partial charge in [-0.15, -0.1) is 0 Å². The third kappa shape index (κ3) is 3.51. The number of furan rings is 1. The number of rotatable bonds is 3. The fourth-order valence-electron chi connectivity index (χ4n) is 6.98. The smallest absolute Gasteiger partial charge is 0.227 e. The summed E-state index contributed by atoms with van der Waals surface area (Å²) in [6, 6.07) is 50.7. The van der Waals surface area contributed by atoms with Crippen molar-refractivity contribution < 1.29 is 8.83 Å². The van der Waals surface area contributed by atoms with Crippen molar-refractivity contribution in [3.63, 3.8) is 0 Å². The lowest BCUT2D eigenvalue weighted by molar-refractivity contribution is 0.622. The molecule has 4 heteroatoms. The van der Waals surface area contributed by atoms with E-state index in [9.17, 15) is 0 Å². The molecular formula is C41H24N2O2. The molecule has 0 saturated heterocycles. The summed E-state index contributed by atoms with van der Waals surface area (Å²) >= 11 is 0. The van der Waals surface area contributed by atoms with Crippen LogP contribution in [0.25, 0.3) is 93.9 Å². The summed E-state index contributed by atoms with van der Waals surface area (Å²) in [5.41, 5.74) is 9.68. The molecule has 7 aromatic carbocycles. The quantitative estimate of drug-likeness (QED) is 0.210. The largest absolute Gasteiger partial charge is 0.455 e. The Morgan fingerprint density at radius 2 is 1.24 bits per heavy atom. The van der Waals surface area contributed by atoms with Gasteiger partial charge in [0.2, 0.25) is 5.89 Å². The predicted molar refractivity (Wildman–Crippen MR) is 184 cm³/mol. The maximum atomic E-state index is 6.58. The first kappa shape index (κ1) is 24.3. The summed E-state index contributed by atoms with van der Waals surface area (Å²) in [4.78, 5) is 5.02. The topological polar surface area (TPSA) is 44.1 Å². The van der Waals surface area contributed by atoms with Crippen LogP contribution in [-0.4, -0.2) is 9.55 Å². The van der Waals surface area contributed by atoms with Crippen molar-refractivity contribution in [2.45, 2.75) is 0 Å². The van der Waals surface area contributed by atoms with Gasteiger partial charge in [-0.3, -0.25) is 0 Å². The van der Waals surface area contributed by atoms with Gasteiger partial charge < -0.3 is 13.4 Å². The van der Waals surface area contributed by atoms with Gasteiger partial charge in [-0.05, 0) is 53.4 Å². The lowest BCUT2D eigenvalue weighted by Crippen LogP contribution is -1.94. The van der Waals surface area contributed by atoms with E-state index in [1.165, 1.54) is 32.6 Å². The van der Waals surface area contributed by atoms with Gasteiger partial charge in [0, 0.05) is 38.4 Å². The summed E-state index contributed by atoms with van der Waals surface area (Å²) in [6.45, 7) is 0. The molecule has 3 heterocycles. The van der Waals surface area contributed by atoms with Crippen LogP contribution in [-0.2, 0) is 0 Å². The Kier molecular flexibility index (Phi) is 4.96. The predicted octanol–water partition coefficient (Wildman–Crippen LogP) is 11.3. The molecular weight excluding hydrogens is 552 g/mol. The standard InChI is InChI=1S/C41H24N2O2/c1-2-10-25(11-3-1)33-24-34-40(37-32-15-7-9-17-36(32)44-39(33)37)45-41(42-34)27-18-21-28(22-19-27)43-35-16-8-6-14-30(35)31-23-20-26-12-4-5-13-29(26)38(31)43/h1-24H. The number of nitrogens with zero attached hydrogens (tertiary/aromatic N) is 2. The first-order valence-corrected chi connectivity index (χ1v) is 15.1. The molecule has 4 nitrogen and oxygen atoms in total. The number of oxazole rings is 1. The molecule has 0 bridgehead atoms. The van der Waals surface area contributed by atoms with Crippen molar-refractivity contribution in [3.8, 4) is 28.3 Å². The van der Waals surface area contributed by atoms with Crippen LogP contribution in [0.2, 0.25) is 0 Å². The minimum absolute atomic E-state index is 0.584. The number of hydrogen-bond donors (Lipinski definition) is 0. The van der Waals surface area contributed by atoms with E-state index in [1.54, 1.807) is 0 Å². The van der Waals surface area contributed by atoms with Crippen LogP contribution in [0, 0.1) is 0 Å². The average molecular weight is 577 g/mol. The molecule has 0 N–H and O–H groups in total. The van der Waals surface area contributed by atoms with Crippen molar-refractivity contribution in [2.75, 3.05) is 0 Å². The van der Waals surface area contributed by atoms with Crippen LogP contribution in [0.5, 0.6) is 0 Å². The summed E-state index contributed by atoms with van der Waals surface area (Å²) in [6.07, 6.45) is 0. The highest BCUT2D eigenvalue weighted by atomic mass is 16.4. The Hall–Kier alpha value is -6.13. The zero-order valence-electron chi connectivity index (χ0n) is 24.1. The van der Waals surface area contributed by atoms with Gasteiger partial charge in [-0.2, -0.15) is 0 Å². The lowest BCUT2D eigenvalue weighted by Gasteiger charge is -2.10. The molecule has 0 unspecified atom stereocenters. The van der Waals surface area contributed by atoms with Crippen LogP contribution >= 0.6 is 0 Å². The molecule has 10 aromatic rings. The third-order valence-corrected chi connectivity index (χ3v) is 9.02. The molecule has 0 atom stereocenters. The molecule has 45 heavy (non-hydrogen) atoms. The van der Waals surface area contributed by atoms with Crippen molar-refractivity contribution in [2.24, 2.45) is 0 Å². The highest BCUT2D eigenvalue weighted by molar-refractivity contribution is 6.21. The normalized spacial score (nSPS) is 12.0. The van der Waals surface area contributed by atoms with Gasteiger partial charge >= 0.3 is 0 Å². The van der Waals surface area contributed by atoms with E-state index in [0.29, 0.717) is 5.89 Å². The number of aromatic nitrogens is 2. The first-order chi connectivity index (χ1) is 22.3. The molecule has 3 aromatic heterocycles. The Bertz CT molecular complexity index is 2750. The fraction of sp³-hybridized carbons (Fsp3) is 0. The zero-order valence-corrected chi connectivity index (χ0v) is 24.1. The van der Waals surface area contributed by atoms with Gasteiger partial charge in [-0.25, -0.2) is 4.98 Å². The fourth-order valence-corrected chi connectivity index (χ4v) is 6.98. The summed E-state index contributed by atoms with van der Waals surface area (Å²) in [5.74, 6) is 0.584. The third-order valence-electron chi connectivity index (χ3n) is 9.02. The van der Waals surface area contributed by atoms with Crippen molar-refractivity contribution in [1.82, 2.24) is 9.55 Å². The van der Waals surface area contributed by atoms with Gasteiger partial charge in [-0.1, -0.05) is 103 Å². The monoisotopic (exact) mass is 576 g/mol. The maximum absolute atomic E-state index is 6.58. The zero-order chi connectivity index (χ0) is 29.5. The van der Waals surface area contributed by atoms with E-state index in [-0.39, 0.29) is 0 Å². The molecule has 10 rings (SSSR count). The average Bonchev–Trinajstić information content (AvgIpc) is 3.80. The second-order valence-electron chi connectivity index (χ2n) is 11.5. The molecule has 0 radical (unpaired) electrons. The summed E-state index contributed by atoms with van der Waals surface area (Å²) < 4.78 is 15.4. The van der Waals surface area contributed by atoms with Crippen LogP contribution in [0.3, 0.4) is 0 Å². The van der Waals surface area contributed by atoms with Gasteiger partial charge in [0.25, 0.3) is 0 Å².